The van der Waals surface area contributed by atoms with Gasteiger partial charge in [0.2, 0.25) is 5.91 Å². The van der Waals surface area contributed by atoms with Crippen molar-refractivity contribution in [3.8, 4) is 0 Å². The Bertz CT molecular complexity index is 355. The number of hydrogen-bond donors (Lipinski definition) is 2. The zero-order chi connectivity index (χ0) is 12.3. The van der Waals surface area contributed by atoms with E-state index in [1.807, 2.05) is 0 Å². The van der Waals surface area contributed by atoms with Crippen LogP contribution in [0.1, 0.15) is 6.92 Å². The molecular weight excluding hydrogens is 230 g/mol. The predicted octanol–water partition coefficient (Wildman–Crippen LogP) is -1.82. The van der Waals surface area contributed by atoms with Gasteiger partial charge in [-0.2, -0.15) is 0 Å². The van der Waals surface area contributed by atoms with Crippen LogP contribution in [-0.4, -0.2) is 63.0 Å². The maximum absolute atomic E-state index is 12.0. The number of nitrogens with two attached hydrogens (primary N) is 1. The van der Waals surface area contributed by atoms with E-state index in [1.165, 1.54) is 6.92 Å². The van der Waals surface area contributed by atoms with Crippen LogP contribution >= 0.6 is 0 Å². The van der Waals surface area contributed by atoms with Crippen molar-refractivity contribution < 1.29 is 13.2 Å². The first-order valence-electron chi connectivity index (χ1n) is 5.28. The van der Waals surface area contributed by atoms with Crippen molar-refractivity contribution in [2.45, 2.75) is 18.2 Å². The van der Waals surface area contributed by atoms with Crippen LogP contribution in [0.25, 0.3) is 0 Å². The first-order valence-corrected chi connectivity index (χ1v) is 7.23. The highest BCUT2D eigenvalue weighted by Crippen LogP contribution is 2.09. The third kappa shape index (κ3) is 2.93. The normalized spacial score (nSPS) is 24.2. The average molecular weight is 249 g/mol. The van der Waals surface area contributed by atoms with Crippen LogP contribution in [0.3, 0.4) is 0 Å². The van der Waals surface area contributed by atoms with Gasteiger partial charge < -0.3 is 16.0 Å². The van der Waals surface area contributed by atoms with E-state index in [2.05, 4.69) is 5.32 Å². The van der Waals surface area contributed by atoms with E-state index in [-0.39, 0.29) is 11.9 Å². The summed E-state index contributed by atoms with van der Waals surface area (Å²) in [5, 5.41) is 2.14. The molecule has 0 radical (unpaired) electrons. The molecule has 1 aliphatic heterocycles. The van der Waals surface area contributed by atoms with E-state index in [1.54, 1.807) is 4.90 Å². The van der Waals surface area contributed by atoms with Gasteiger partial charge in [-0.3, -0.25) is 4.79 Å². The van der Waals surface area contributed by atoms with Crippen LogP contribution in [0.2, 0.25) is 0 Å². The van der Waals surface area contributed by atoms with Crippen molar-refractivity contribution in [1.82, 2.24) is 10.2 Å². The Morgan fingerprint density at radius 1 is 1.62 bits per heavy atom. The number of nitrogens with zero attached hydrogens (tertiary/aromatic N) is 1. The molecule has 94 valence electrons. The fraction of sp³-hybridized carbons (Fsp3) is 0.889. The van der Waals surface area contributed by atoms with Gasteiger partial charge in [0.25, 0.3) is 0 Å². The van der Waals surface area contributed by atoms with Crippen LogP contribution in [0.4, 0.5) is 0 Å². The zero-order valence-corrected chi connectivity index (χ0v) is 10.5. The summed E-state index contributed by atoms with van der Waals surface area (Å²) in [4.78, 5) is 13.5. The molecule has 1 rings (SSSR count). The molecule has 3 N–H and O–H groups in total. The molecule has 1 heterocycles. The molecule has 0 bridgehead atoms. The molecule has 0 aromatic rings. The maximum Gasteiger partial charge on any atom is 0.240 e. The minimum absolute atomic E-state index is 0.106. The van der Waals surface area contributed by atoms with Gasteiger partial charge in [-0.15, -0.1) is 0 Å². The van der Waals surface area contributed by atoms with E-state index in [4.69, 9.17) is 5.73 Å². The quantitative estimate of drug-likeness (QED) is 0.614. The number of carbonyl (C=O) groups excluding carboxylic acids is 1. The van der Waals surface area contributed by atoms with E-state index in [0.29, 0.717) is 26.2 Å². The largest absolute Gasteiger partial charge is 0.335 e. The Hall–Kier alpha value is -0.660. The van der Waals surface area contributed by atoms with Crippen molar-refractivity contribution in [2.24, 2.45) is 5.73 Å². The molecule has 2 unspecified atom stereocenters. The molecule has 16 heavy (non-hydrogen) atoms. The van der Waals surface area contributed by atoms with Gasteiger partial charge in [-0.1, -0.05) is 0 Å². The smallest absolute Gasteiger partial charge is 0.240 e. The van der Waals surface area contributed by atoms with E-state index < -0.39 is 15.1 Å². The first kappa shape index (κ1) is 13.4. The number of carbonyl (C=O) groups is 1. The molecule has 0 saturated carbocycles. The minimum atomic E-state index is -3.34. The second kappa shape index (κ2) is 5.11. The van der Waals surface area contributed by atoms with Crippen LogP contribution in [0.15, 0.2) is 0 Å². The summed E-state index contributed by atoms with van der Waals surface area (Å²) in [5.41, 5.74) is 5.56. The molecule has 0 aliphatic carbocycles. The van der Waals surface area contributed by atoms with Gasteiger partial charge in [-0.25, -0.2) is 8.42 Å². The summed E-state index contributed by atoms with van der Waals surface area (Å²) < 4.78 is 22.6. The lowest BCUT2D eigenvalue weighted by molar-refractivity contribution is -0.133. The van der Waals surface area contributed by atoms with Crippen molar-refractivity contribution in [3.63, 3.8) is 0 Å². The number of hydrogen-bond acceptors (Lipinski definition) is 5. The van der Waals surface area contributed by atoms with Crippen molar-refractivity contribution in [3.05, 3.63) is 0 Å². The van der Waals surface area contributed by atoms with E-state index in [9.17, 15) is 13.2 Å². The van der Waals surface area contributed by atoms with Gasteiger partial charge in [0.15, 0.2) is 9.84 Å². The van der Waals surface area contributed by atoms with Crippen molar-refractivity contribution in [2.75, 3.05) is 32.4 Å². The lowest BCUT2D eigenvalue weighted by atomic mass is 10.2. The lowest BCUT2D eigenvalue weighted by Crippen LogP contribution is -2.58. The monoisotopic (exact) mass is 249 g/mol. The number of rotatable bonds is 3. The fourth-order valence-electron chi connectivity index (χ4n) is 1.68. The number of amides is 1. The Morgan fingerprint density at radius 2 is 2.25 bits per heavy atom. The highest BCUT2D eigenvalue weighted by molar-refractivity contribution is 7.92. The molecule has 0 spiro atoms. The minimum Gasteiger partial charge on any atom is -0.335 e. The topological polar surface area (TPSA) is 92.5 Å². The molecule has 1 saturated heterocycles. The van der Waals surface area contributed by atoms with Crippen LogP contribution < -0.4 is 11.1 Å². The third-order valence-electron chi connectivity index (χ3n) is 2.90. The van der Waals surface area contributed by atoms with Crippen LogP contribution in [0.5, 0.6) is 0 Å². The first-order chi connectivity index (χ1) is 7.38. The second-order valence-corrected chi connectivity index (χ2v) is 6.46. The highest BCUT2D eigenvalue weighted by atomic mass is 32.2. The van der Waals surface area contributed by atoms with Gasteiger partial charge >= 0.3 is 0 Å². The molecule has 1 amide bonds. The summed E-state index contributed by atoms with van der Waals surface area (Å²) in [6.07, 6.45) is 1.08. The highest BCUT2D eigenvalue weighted by Gasteiger charge is 2.33. The van der Waals surface area contributed by atoms with E-state index >= 15 is 0 Å². The predicted molar refractivity (Wildman–Crippen MR) is 61.7 cm³/mol. The van der Waals surface area contributed by atoms with Gasteiger partial charge in [0.1, 0.15) is 5.25 Å². The van der Waals surface area contributed by atoms with Gasteiger partial charge in [-0.05, 0) is 6.92 Å². The van der Waals surface area contributed by atoms with Crippen molar-refractivity contribution in [1.29, 1.82) is 0 Å². The second-order valence-electron chi connectivity index (χ2n) is 4.10. The lowest BCUT2D eigenvalue weighted by Gasteiger charge is -2.36. The van der Waals surface area contributed by atoms with Gasteiger partial charge in [0.05, 0.1) is 6.04 Å². The Morgan fingerprint density at radius 3 is 2.75 bits per heavy atom. The Kier molecular flexibility index (Phi) is 4.28. The SMILES string of the molecule is CC(C(=O)N1CCNCC1CN)S(C)(=O)=O. The summed E-state index contributed by atoms with van der Waals surface area (Å²) in [5.74, 6) is -0.348. The Balaban J connectivity index is 2.79. The number of piperazine rings is 1. The molecule has 0 aromatic carbocycles. The summed E-state index contributed by atoms with van der Waals surface area (Å²) in [7, 11) is -3.34. The molecule has 6 nitrogen and oxygen atoms in total. The van der Waals surface area contributed by atoms with Crippen LogP contribution in [-0.2, 0) is 14.6 Å². The molecule has 2 atom stereocenters. The fourth-order valence-corrected chi connectivity index (χ4v) is 2.18. The standard InChI is InChI=1S/C9H19N3O3S/c1-7(16(2,14)15)9(13)12-4-3-11-6-8(12)5-10/h7-8,11H,3-6,10H2,1-2H3. The summed E-state index contributed by atoms with van der Waals surface area (Å²) in [6, 6.07) is -0.106. The zero-order valence-electron chi connectivity index (χ0n) is 9.64. The van der Waals surface area contributed by atoms with Crippen LogP contribution in [0, 0.1) is 0 Å². The molecule has 7 heteroatoms. The molecule has 1 aliphatic rings. The average Bonchev–Trinajstić information content (AvgIpc) is 2.25. The molecule has 1 fully saturated rings. The summed E-state index contributed by atoms with van der Waals surface area (Å²) in [6.45, 7) is 3.58. The number of nitrogens with one attached hydrogen (secondary N) is 1. The van der Waals surface area contributed by atoms with E-state index in [0.717, 1.165) is 6.26 Å². The van der Waals surface area contributed by atoms with Gasteiger partial charge in [0, 0.05) is 32.4 Å². The molecular formula is C9H19N3O3S. The summed E-state index contributed by atoms with van der Waals surface area (Å²) >= 11 is 0. The van der Waals surface area contributed by atoms with Crippen molar-refractivity contribution >= 4 is 15.7 Å². The third-order valence-corrected chi connectivity index (χ3v) is 4.38. The maximum atomic E-state index is 12.0. The molecule has 0 aromatic heterocycles. The number of sulfone groups is 1. The Labute approximate surface area is 96.1 Å².